The van der Waals surface area contributed by atoms with Crippen molar-refractivity contribution in [1.29, 1.82) is 0 Å². The zero-order valence-corrected chi connectivity index (χ0v) is 9.98. The van der Waals surface area contributed by atoms with Gasteiger partial charge in [0, 0.05) is 18.2 Å². The lowest BCUT2D eigenvalue weighted by molar-refractivity contribution is 0.0694. The average molecular weight is 264 g/mol. The lowest BCUT2D eigenvalue weighted by Gasteiger charge is -2.11. The van der Waals surface area contributed by atoms with Crippen molar-refractivity contribution in [2.75, 3.05) is 0 Å². The Hall–Kier alpha value is -2.43. The van der Waals surface area contributed by atoms with Gasteiger partial charge in [0.1, 0.15) is 28.7 Å². The fraction of sp³-hybridized carbons (Fsp3) is 0.0714. The van der Waals surface area contributed by atoms with Crippen LogP contribution in [0.25, 0.3) is 0 Å². The first-order valence-corrected chi connectivity index (χ1v) is 5.44. The van der Waals surface area contributed by atoms with Crippen molar-refractivity contribution in [3.05, 3.63) is 59.2 Å². The Morgan fingerprint density at radius 3 is 2.37 bits per heavy atom. The molecule has 0 amide bonds. The van der Waals surface area contributed by atoms with Gasteiger partial charge in [0.15, 0.2) is 0 Å². The molecule has 2 rings (SSSR count). The third-order valence-corrected chi connectivity index (χ3v) is 2.50. The van der Waals surface area contributed by atoms with Crippen LogP contribution in [0.3, 0.4) is 0 Å². The third-order valence-electron chi connectivity index (χ3n) is 2.50. The van der Waals surface area contributed by atoms with Gasteiger partial charge < -0.3 is 9.84 Å². The number of carbonyl (C=O) groups is 1. The SMILES string of the molecule is Cc1cccc(C(=O)O)c1Oc1cc(F)cc(F)c1. The van der Waals surface area contributed by atoms with E-state index < -0.39 is 17.6 Å². The van der Waals surface area contributed by atoms with E-state index in [0.29, 0.717) is 11.6 Å². The number of carboxylic acids is 1. The van der Waals surface area contributed by atoms with Crippen LogP contribution in [0.15, 0.2) is 36.4 Å². The largest absolute Gasteiger partial charge is 0.478 e. The summed E-state index contributed by atoms with van der Waals surface area (Å²) in [7, 11) is 0. The Kier molecular flexibility index (Phi) is 3.46. The summed E-state index contributed by atoms with van der Waals surface area (Å²) in [5.41, 5.74) is 0.495. The molecule has 0 atom stereocenters. The molecule has 19 heavy (non-hydrogen) atoms. The van der Waals surface area contributed by atoms with Crippen molar-refractivity contribution in [3.8, 4) is 11.5 Å². The highest BCUT2D eigenvalue weighted by Gasteiger charge is 2.14. The fourth-order valence-electron chi connectivity index (χ4n) is 1.66. The van der Waals surface area contributed by atoms with Gasteiger partial charge in [0.2, 0.25) is 0 Å². The highest BCUT2D eigenvalue weighted by Crippen LogP contribution is 2.29. The van der Waals surface area contributed by atoms with E-state index in [1.165, 1.54) is 6.07 Å². The van der Waals surface area contributed by atoms with Crippen molar-refractivity contribution in [2.45, 2.75) is 6.92 Å². The quantitative estimate of drug-likeness (QED) is 0.918. The summed E-state index contributed by atoms with van der Waals surface area (Å²) in [6, 6.07) is 7.26. The number of benzene rings is 2. The van der Waals surface area contributed by atoms with Gasteiger partial charge in [-0.15, -0.1) is 0 Å². The number of aromatic carboxylic acids is 1. The van der Waals surface area contributed by atoms with Gasteiger partial charge in [0.05, 0.1) is 0 Å². The molecule has 0 aliphatic rings. The van der Waals surface area contributed by atoms with Crippen LogP contribution in [0.4, 0.5) is 8.78 Å². The highest BCUT2D eigenvalue weighted by atomic mass is 19.1. The van der Waals surface area contributed by atoms with Gasteiger partial charge in [0.25, 0.3) is 0 Å². The van der Waals surface area contributed by atoms with E-state index in [2.05, 4.69) is 0 Å². The molecule has 0 saturated heterocycles. The molecule has 2 aromatic carbocycles. The zero-order valence-electron chi connectivity index (χ0n) is 9.98. The third kappa shape index (κ3) is 2.88. The lowest BCUT2D eigenvalue weighted by Crippen LogP contribution is -2.01. The van der Waals surface area contributed by atoms with Gasteiger partial charge in [-0.2, -0.15) is 0 Å². The molecular weight excluding hydrogens is 254 g/mol. The van der Waals surface area contributed by atoms with Crippen LogP contribution in [-0.4, -0.2) is 11.1 Å². The first-order chi connectivity index (χ1) is 8.97. The normalized spacial score (nSPS) is 10.3. The second kappa shape index (κ2) is 5.06. The maximum absolute atomic E-state index is 13.1. The van der Waals surface area contributed by atoms with E-state index in [1.54, 1.807) is 19.1 Å². The summed E-state index contributed by atoms with van der Waals surface area (Å²) >= 11 is 0. The van der Waals surface area contributed by atoms with Crippen LogP contribution in [0.2, 0.25) is 0 Å². The molecule has 0 unspecified atom stereocenters. The second-order valence-electron chi connectivity index (χ2n) is 3.96. The molecule has 0 radical (unpaired) electrons. The first kappa shape index (κ1) is 13.0. The molecule has 0 aliphatic carbocycles. The zero-order chi connectivity index (χ0) is 14.0. The molecule has 3 nitrogen and oxygen atoms in total. The van der Waals surface area contributed by atoms with Crippen molar-refractivity contribution >= 4 is 5.97 Å². The molecule has 2 aromatic rings. The molecule has 0 bridgehead atoms. The van der Waals surface area contributed by atoms with Gasteiger partial charge >= 0.3 is 5.97 Å². The van der Waals surface area contributed by atoms with E-state index >= 15 is 0 Å². The smallest absolute Gasteiger partial charge is 0.339 e. The minimum absolute atomic E-state index is 0.0651. The van der Waals surface area contributed by atoms with Crippen LogP contribution in [0.5, 0.6) is 11.5 Å². The molecule has 98 valence electrons. The number of aryl methyl sites for hydroxylation is 1. The molecule has 0 aromatic heterocycles. The maximum Gasteiger partial charge on any atom is 0.339 e. The fourth-order valence-corrected chi connectivity index (χ4v) is 1.66. The lowest BCUT2D eigenvalue weighted by atomic mass is 10.1. The van der Waals surface area contributed by atoms with Crippen molar-refractivity contribution in [3.63, 3.8) is 0 Å². The molecule has 0 heterocycles. The monoisotopic (exact) mass is 264 g/mol. The van der Waals surface area contributed by atoms with Crippen molar-refractivity contribution in [2.24, 2.45) is 0 Å². The number of hydrogen-bond donors (Lipinski definition) is 1. The number of para-hydroxylation sites is 1. The van der Waals surface area contributed by atoms with Gasteiger partial charge in [-0.05, 0) is 18.6 Å². The minimum Gasteiger partial charge on any atom is -0.478 e. The van der Waals surface area contributed by atoms with E-state index in [-0.39, 0.29) is 17.1 Å². The standard InChI is InChI=1S/C14H10F2O3/c1-8-3-2-4-12(14(17)18)13(8)19-11-6-9(15)5-10(16)7-11/h2-7H,1H3,(H,17,18). The summed E-state index contributed by atoms with van der Waals surface area (Å²) < 4.78 is 31.4. The number of hydrogen-bond acceptors (Lipinski definition) is 2. The Balaban J connectivity index is 2.45. The molecule has 0 fully saturated rings. The van der Waals surface area contributed by atoms with Crippen molar-refractivity contribution in [1.82, 2.24) is 0 Å². The predicted octanol–water partition coefficient (Wildman–Crippen LogP) is 3.76. The number of carboxylic acid groups (broad SMARTS) is 1. The molecular formula is C14H10F2O3. The van der Waals surface area contributed by atoms with E-state index in [0.717, 1.165) is 12.1 Å². The molecule has 0 spiro atoms. The molecule has 0 aliphatic heterocycles. The first-order valence-electron chi connectivity index (χ1n) is 5.44. The predicted molar refractivity (Wildman–Crippen MR) is 64.6 cm³/mol. The summed E-state index contributed by atoms with van der Waals surface area (Å²) in [5, 5.41) is 9.05. The van der Waals surface area contributed by atoms with Crippen LogP contribution >= 0.6 is 0 Å². The average Bonchev–Trinajstić information content (AvgIpc) is 2.30. The second-order valence-corrected chi connectivity index (χ2v) is 3.96. The van der Waals surface area contributed by atoms with Gasteiger partial charge in [-0.3, -0.25) is 0 Å². The molecule has 1 N–H and O–H groups in total. The topological polar surface area (TPSA) is 46.5 Å². The summed E-state index contributed by atoms with van der Waals surface area (Å²) in [4.78, 5) is 11.1. The van der Waals surface area contributed by atoms with E-state index in [9.17, 15) is 13.6 Å². The Morgan fingerprint density at radius 2 is 1.79 bits per heavy atom. The van der Waals surface area contributed by atoms with Crippen LogP contribution in [0.1, 0.15) is 15.9 Å². The van der Waals surface area contributed by atoms with Crippen molar-refractivity contribution < 1.29 is 23.4 Å². The van der Waals surface area contributed by atoms with E-state index in [1.807, 2.05) is 0 Å². The van der Waals surface area contributed by atoms with E-state index in [4.69, 9.17) is 9.84 Å². The maximum atomic E-state index is 13.1. The summed E-state index contributed by atoms with van der Waals surface area (Å²) in [5.74, 6) is -2.77. The van der Waals surface area contributed by atoms with Crippen LogP contribution in [0, 0.1) is 18.6 Å². The Morgan fingerprint density at radius 1 is 1.16 bits per heavy atom. The van der Waals surface area contributed by atoms with Gasteiger partial charge in [-0.25, -0.2) is 13.6 Å². The Bertz CT molecular complexity index is 618. The Labute approximate surface area is 108 Å². The number of halogens is 2. The molecule has 0 saturated carbocycles. The molecule has 5 heteroatoms. The number of ether oxygens (including phenoxy) is 1. The minimum atomic E-state index is -1.17. The highest BCUT2D eigenvalue weighted by molar-refractivity contribution is 5.91. The summed E-state index contributed by atoms with van der Waals surface area (Å²) in [6.07, 6.45) is 0. The summed E-state index contributed by atoms with van der Waals surface area (Å²) in [6.45, 7) is 1.65. The van der Waals surface area contributed by atoms with Gasteiger partial charge in [-0.1, -0.05) is 12.1 Å². The van der Waals surface area contributed by atoms with Crippen LogP contribution < -0.4 is 4.74 Å². The van der Waals surface area contributed by atoms with Crippen LogP contribution in [-0.2, 0) is 0 Å². The number of rotatable bonds is 3.